The van der Waals surface area contributed by atoms with Gasteiger partial charge in [0.05, 0.1) is 7.11 Å². The third-order valence-electron chi connectivity index (χ3n) is 2.00. The number of rotatable bonds is 2. The maximum Gasteiger partial charge on any atom is 0.410 e. The Kier molecular flexibility index (Phi) is 3.27. The summed E-state index contributed by atoms with van der Waals surface area (Å²) in [6, 6.07) is -1.30. The van der Waals surface area contributed by atoms with Crippen molar-refractivity contribution in [3.8, 4) is 0 Å². The van der Waals surface area contributed by atoms with Gasteiger partial charge in [-0.2, -0.15) is 13.2 Å². The molecule has 0 fully saturated rings. The number of methoxy groups -OCH3 is 1. The van der Waals surface area contributed by atoms with E-state index < -0.39 is 23.9 Å². The van der Waals surface area contributed by atoms with Gasteiger partial charge in [-0.1, -0.05) is 0 Å². The minimum atomic E-state index is -4.61. The van der Waals surface area contributed by atoms with Gasteiger partial charge in [-0.05, 0) is 13.0 Å². The van der Waals surface area contributed by atoms with E-state index in [1.54, 1.807) is 0 Å². The van der Waals surface area contributed by atoms with Crippen LogP contribution >= 0.6 is 0 Å². The fourth-order valence-electron chi connectivity index (χ4n) is 1.13. The van der Waals surface area contributed by atoms with Gasteiger partial charge in [0.2, 0.25) is 0 Å². The highest BCUT2D eigenvalue weighted by Gasteiger charge is 2.40. The Bertz CT molecular complexity index is 397. The molecular formula is C9H10F3NO3. The summed E-state index contributed by atoms with van der Waals surface area (Å²) in [6.07, 6.45) is -4.61. The third kappa shape index (κ3) is 2.35. The number of aryl methyl sites for hydroxylation is 1. The standard InChI is InChI=1S/C9H10F3NO3/c1-4-5(8(14)15-2)3-6(16-4)7(13)9(10,11)12/h3,7H,13H2,1-2H3. The molecule has 4 nitrogen and oxygen atoms in total. The van der Waals surface area contributed by atoms with Gasteiger partial charge in [0.25, 0.3) is 0 Å². The summed E-state index contributed by atoms with van der Waals surface area (Å²) in [4.78, 5) is 11.1. The highest BCUT2D eigenvalue weighted by molar-refractivity contribution is 5.90. The summed E-state index contributed by atoms with van der Waals surface area (Å²) in [5.41, 5.74) is 4.87. The van der Waals surface area contributed by atoms with Crippen LogP contribution in [0, 0.1) is 6.92 Å². The van der Waals surface area contributed by atoms with Crippen molar-refractivity contribution in [2.75, 3.05) is 7.11 Å². The molecule has 1 atom stereocenters. The van der Waals surface area contributed by atoms with Crippen molar-refractivity contribution in [3.63, 3.8) is 0 Å². The number of nitrogens with two attached hydrogens (primary N) is 1. The van der Waals surface area contributed by atoms with Gasteiger partial charge in [-0.15, -0.1) is 0 Å². The summed E-state index contributed by atoms with van der Waals surface area (Å²) in [6.45, 7) is 1.36. The molecule has 1 rings (SSSR count). The van der Waals surface area contributed by atoms with E-state index in [2.05, 4.69) is 4.74 Å². The smallest absolute Gasteiger partial charge is 0.410 e. The fourth-order valence-corrected chi connectivity index (χ4v) is 1.13. The molecule has 90 valence electrons. The molecule has 2 N–H and O–H groups in total. The number of hydrogen-bond acceptors (Lipinski definition) is 4. The van der Waals surface area contributed by atoms with Crippen molar-refractivity contribution in [2.24, 2.45) is 5.73 Å². The van der Waals surface area contributed by atoms with Crippen molar-refractivity contribution in [3.05, 3.63) is 23.2 Å². The molecule has 16 heavy (non-hydrogen) atoms. The predicted molar refractivity (Wildman–Crippen MR) is 47.8 cm³/mol. The molecule has 1 aromatic rings. The van der Waals surface area contributed by atoms with Gasteiger partial charge >= 0.3 is 12.1 Å². The number of carbonyl (C=O) groups is 1. The molecule has 0 amide bonds. The SMILES string of the molecule is COC(=O)c1cc(C(N)C(F)(F)F)oc1C. The molecule has 0 radical (unpaired) electrons. The van der Waals surface area contributed by atoms with E-state index in [1.807, 2.05) is 0 Å². The van der Waals surface area contributed by atoms with Crippen LogP contribution in [0.15, 0.2) is 10.5 Å². The molecular weight excluding hydrogens is 227 g/mol. The number of furan rings is 1. The highest BCUT2D eigenvalue weighted by atomic mass is 19.4. The van der Waals surface area contributed by atoms with Crippen LogP contribution < -0.4 is 5.73 Å². The zero-order chi connectivity index (χ0) is 12.5. The quantitative estimate of drug-likeness (QED) is 0.798. The Morgan fingerprint density at radius 1 is 1.56 bits per heavy atom. The van der Waals surface area contributed by atoms with Crippen LogP contribution in [0.3, 0.4) is 0 Å². The van der Waals surface area contributed by atoms with Crippen LogP contribution in [0.25, 0.3) is 0 Å². The molecule has 0 aliphatic rings. The van der Waals surface area contributed by atoms with Crippen LogP contribution in [0.4, 0.5) is 13.2 Å². The first-order valence-corrected chi connectivity index (χ1v) is 4.28. The first-order valence-electron chi connectivity index (χ1n) is 4.28. The van der Waals surface area contributed by atoms with Crippen molar-refractivity contribution in [1.82, 2.24) is 0 Å². The summed E-state index contributed by atoms with van der Waals surface area (Å²) < 4.78 is 45.9. The zero-order valence-electron chi connectivity index (χ0n) is 8.59. The predicted octanol–water partition coefficient (Wildman–Crippen LogP) is 1.94. The third-order valence-corrected chi connectivity index (χ3v) is 2.00. The minimum Gasteiger partial charge on any atom is -0.465 e. The second-order valence-corrected chi connectivity index (χ2v) is 3.13. The van der Waals surface area contributed by atoms with E-state index in [0.29, 0.717) is 0 Å². The lowest BCUT2D eigenvalue weighted by Gasteiger charge is -2.12. The molecule has 0 saturated carbocycles. The Balaban J connectivity index is 3.06. The number of ether oxygens (including phenoxy) is 1. The van der Waals surface area contributed by atoms with E-state index in [4.69, 9.17) is 10.2 Å². The molecule has 1 heterocycles. The average Bonchev–Trinajstić information content (AvgIpc) is 2.56. The maximum absolute atomic E-state index is 12.3. The Morgan fingerprint density at radius 2 is 2.12 bits per heavy atom. The van der Waals surface area contributed by atoms with Gasteiger partial charge in [0.15, 0.2) is 6.04 Å². The molecule has 0 aliphatic carbocycles. The molecule has 1 unspecified atom stereocenters. The summed E-state index contributed by atoms with van der Waals surface area (Å²) in [5, 5.41) is 0. The highest BCUT2D eigenvalue weighted by Crippen LogP contribution is 2.32. The number of carbonyl (C=O) groups excluding carboxylic acids is 1. The Hall–Kier alpha value is -1.50. The molecule has 7 heteroatoms. The average molecular weight is 237 g/mol. The van der Waals surface area contributed by atoms with Crippen molar-refractivity contribution < 1.29 is 27.1 Å². The van der Waals surface area contributed by atoms with Crippen LogP contribution in [0.1, 0.15) is 27.9 Å². The van der Waals surface area contributed by atoms with Crippen LogP contribution in [0.5, 0.6) is 0 Å². The van der Waals surface area contributed by atoms with Gasteiger partial charge < -0.3 is 14.9 Å². The molecule has 0 spiro atoms. The molecule has 1 aromatic heterocycles. The Morgan fingerprint density at radius 3 is 2.56 bits per heavy atom. The monoisotopic (exact) mass is 237 g/mol. The largest absolute Gasteiger partial charge is 0.465 e. The fraction of sp³-hybridized carbons (Fsp3) is 0.444. The number of esters is 1. The first kappa shape index (κ1) is 12.6. The van der Waals surface area contributed by atoms with Crippen molar-refractivity contribution >= 4 is 5.97 Å². The number of halogens is 3. The second kappa shape index (κ2) is 4.17. The Labute approximate surface area is 89.2 Å². The first-order chi connectivity index (χ1) is 7.27. The van der Waals surface area contributed by atoms with Crippen LogP contribution in [-0.2, 0) is 4.74 Å². The van der Waals surface area contributed by atoms with Gasteiger partial charge in [0.1, 0.15) is 17.1 Å². The van der Waals surface area contributed by atoms with Crippen molar-refractivity contribution in [2.45, 2.75) is 19.1 Å². The van der Waals surface area contributed by atoms with E-state index in [0.717, 1.165) is 13.2 Å². The molecule has 0 saturated heterocycles. The number of hydrogen-bond donors (Lipinski definition) is 1. The lowest BCUT2D eigenvalue weighted by molar-refractivity contribution is -0.152. The van der Waals surface area contributed by atoms with Crippen molar-refractivity contribution in [1.29, 1.82) is 0 Å². The topological polar surface area (TPSA) is 65.5 Å². The summed E-state index contributed by atoms with van der Waals surface area (Å²) in [7, 11) is 1.12. The normalized spacial score (nSPS) is 13.6. The number of alkyl halides is 3. The molecule has 0 aliphatic heterocycles. The maximum atomic E-state index is 12.3. The zero-order valence-corrected chi connectivity index (χ0v) is 8.59. The summed E-state index contributed by atoms with van der Waals surface area (Å²) >= 11 is 0. The molecule has 0 bridgehead atoms. The van der Waals surface area contributed by atoms with E-state index in [1.165, 1.54) is 6.92 Å². The van der Waals surface area contributed by atoms with E-state index in [-0.39, 0.29) is 11.3 Å². The van der Waals surface area contributed by atoms with Crippen LogP contribution in [0.2, 0.25) is 0 Å². The lowest BCUT2D eigenvalue weighted by Crippen LogP contribution is -2.27. The second-order valence-electron chi connectivity index (χ2n) is 3.13. The molecule has 0 aromatic carbocycles. The lowest BCUT2D eigenvalue weighted by atomic mass is 10.2. The van der Waals surface area contributed by atoms with Gasteiger partial charge in [-0.25, -0.2) is 4.79 Å². The van der Waals surface area contributed by atoms with Crippen LogP contribution in [-0.4, -0.2) is 19.3 Å². The van der Waals surface area contributed by atoms with E-state index in [9.17, 15) is 18.0 Å². The van der Waals surface area contributed by atoms with Gasteiger partial charge in [-0.3, -0.25) is 0 Å². The van der Waals surface area contributed by atoms with E-state index >= 15 is 0 Å². The van der Waals surface area contributed by atoms with Gasteiger partial charge in [0, 0.05) is 0 Å². The summed E-state index contributed by atoms with van der Waals surface area (Å²) in [5.74, 6) is -1.23. The minimum absolute atomic E-state index is 0.0431.